The first-order valence-electron chi connectivity index (χ1n) is 11.0. The fraction of sp³-hybridized carbons (Fsp3) is 0.417. The van der Waals surface area contributed by atoms with E-state index in [4.69, 9.17) is 14.2 Å². The van der Waals surface area contributed by atoms with Crippen molar-refractivity contribution >= 4 is 23.2 Å². The van der Waals surface area contributed by atoms with Gasteiger partial charge >= 0.3 is 0 Å². The Morgan fingerprint density at radius 1 is 1.16 bits per heavy atom. The van der Waals surface area contributed by atoms with Crippen molar-refractivity contribution in [3.05, 3.63) is 48.5 Å². The molecule has 3 rings (SSSR count). The predicted molar refractivity (Wildman–Crippen MR) is 127 cm³/mol. The van der Waals surface area contributed by atoms with Crippen molar-refractivity contribution < 1.29 is 19.0 Å². The van der Waals surface area contributed by atoms with Gasteiger partial charge in [0.15, 0.2) is 12.6 Å². The Balaban J connectivity index is 1.54. The smallest absolute Gasteiger partial charge is 0.265 e. The quantitative estimate of drug-likeness (QED) is 0.317. The number of nitrogens with one attached hydrogen (secondary N) is 2. The number of benzene rings is 2. The van der Waals surface area contributed by atoms with Gasteiger partial charge in [0.1, 0.15) is 11.5 Å². The van der Waals surface area contributed by atoms with Crippen LogP contribution in [0.3, 0.4) is 0 Å². The molecule has 0 saturated heterocycles. The van der Waals surface area contributed by atoms with Crippen LogP contribution in [-0.4, -0.2) is 58.4 Å². The molecule has 0 aromatic heterocycles. The van der Waals surface area contributed by atoms with Crippen molar-refractivity contribution in [2.75, 3.05) is 56.8 Å². The summed E-state index contributed by atoms with van der Waals surface area (Å²) in [5.41, 5.74) is 1.71. The van der Waals surface area contributed by atoms with Crippen LogP contribution in [0.4, 0.5) is 11.4 Å². The molecule has 0 atom stereocenters. The van der Waals surface area contributed by atoms with Crippen LogP contribution >= 0.6 is 0 Å². The molecule has 2 aromatic carbocycles. The first kappa shape index (κ1) is 23.4. The highest BCUT2D eigenvalue weighted by atomic mass is 16.5. The minimum Gasteiger partial charge on any atom is -0.493 e. The second-order valence-electron chi connectivity index (χ2n) is 7.26. The Bertz CT molecular complexity index is 903. The van der Waals surface area contributed by atoms with Gasteiger partial charge in [-0.1, -0.05) is 18.2 Å². The lowest BCUT2D eigenvalue weighted by Crippen LogP contribution is -2.39. The molecule has 1 aliphatic heterocycles. The van der Waals surface area contributed by atoms with Gasteiger partial charge in [-0.3, -0.25) is 9.79 Å². The number of aliphatic imine (C=N–C) groups is 1. The molecule has 0 fully saturated rings. The van der Waals surface area contributed by atoms with Gasteiger partial charge in [-0.15, -0.1) is 0 Å². The predicted octanol–water partition coefficient (Wildman–Crippen LogP) is 3.30. The van der Waals surface area contributed by atoms with Crippen LogP contribution in [0.25, 0.3) is 0 Å². The maximum absolute atomic E-state index is 12.3. The second-order valence-corrected chi connectivity index (χ2v) is 7.26. The summed E-state index contributed by atoms with van der Waals surface area (Å²) in [6.45, 7) is 5.30. The SMILES string of the molecule is CCNC(=NCCCN1C(=O)COc2ccccc21)Nc1cccc(OCCCOC)c1. The van der Waals surface area contributed by atoms with Gasteiger partial charge in [0.05, 0.1) is 12.3 Å². The van der Waals surface area contributed by atoms with Gasteiger partial charge in [-0.25, -0.2) is 0 Å². The van der Waals surface area contributed by atoms with E-state index in [1.165, 1.54) is 0 Å². The molecule has 172 valence electrons. The zero-order valence-electron chi connectivity index (χ0n) is 18.8. The normalized spacial score (nSPS) is 13.4. The molecule has 0 saturated carbocycles. The largest absolute Gasteiger partial charge is 0.493 e. The summed E-state index contributed by atoms with van der Waals surface area (Å²) in [6, 6.07) is 15.4. The first-order valence-corrected chi connectivity index (χ1v) is 11.0. The van der Waals surface area contributed by atoms with Crippen LogP contribution in [0.2, 0.25) is 0 Å². The van der Waals surface area contributed by atoms with E-state index in [0.29, 0.717) is 32.3 Å². The third-order valence-corrected chi connectivity index (χ3v) is 4.82. The van der Waals surface area contributed by atoms with Gasteiger partial charge in [0.25, 0.3) is 5.91 Å². The molecule has 1 heterocycles. The maximum Gasteiger partial charge on any atom is 0.265 e. The topological polar surface area (TPSA) is 84.4 Å². The van der Waals surface area contributed by atoms with Crippen LogP contribution < -0.4 is 25.0 Å². The third kappa shape index (κ3) is 6.88. The molecule has 1 amide bonds. The van der Waals surface area contributed by atoms with Crippen LogP contribution in [0.1, 0.15) is 19.8 Å². The zero-order chi connectivity index (χ0) is 22.6. The number of fused-ring (bicyclic) bond motifs is 1. The molecule has 8 nitrogen and oxygen atoms in total. The Hall–Kier alpha value is -3.26. The number of ether oxygens (including phenoxy) is 3. The number of methoxy groups -OCH3 is 1. The zero-order valence-corrected chi connectivity index (χ0v) is 18.8. The molecule has 0 bridgehead atoms. The maximum atomic E-state index is 12.3. The minimum absolute atomic E-state index is 0.0278. The van der Waals surface area contributed by atoms with Crippen molar-refractivity contribution in [2.45, 2.75) is 19.8 Å². The molecule has 2 aromatic rings. The van der Waals surface area contributed by atoms with Crippen molar-refractivity contribution in [1.82, 2.24) is 5.32 Å². The monoisotopic (exact) mass is 440 g/mol. The molecule has 0 spiro atoms. The minimum atomic E-state index is -0.0278. The van der Waals surface area contributed by atoms with Gasteiger partial charge < -0.3 is 29.7 Å². The lowest BCUT2D eigenvalue weighted by atomic mass is 10.2. The summed E-state index contributed by atoms with van der Waals surface area (Å²) < 4.78 is 16.3. The van der Waals surface area contributed by atoms with Crippen molar-refractivity contribution in [3.8, 4) is 11.5 Å². The average Bonchev–Trinajstić information content (AvgIpc) is 2.81. The number of rotatable bonds is 11. The van der Waals surface area contributed by atoms with Crippen LogP contribution in [0.15, 0.2) is 53.5 Å². The van der Waals surface area contributed by atoms with Gasteiger partial charge in [-0.2, -0.15) is 0 Å². The molecule has 8 heteroatoms. The van der Waals surface area contributed by atoms with E-state index in [9.17, 15) is 4.79 Å². The first-order chi connectivity index (χ1) is 15.7. The van der Waals surface area contributed by atoms with Crippen LogP contribution in [0, 0.1) is 0 Å². The van der Waals surface area contributed by atoms with E-state index in [1.54, 1.807) is 12.0 Å². The van der Waals surface area contributed by atoms with Gasteiger partial charge in [0.2, 0.25) is 0 Å². The molecule has 0 aliphatic carbocycles. The number of nitrogens with zero attached hydrogens (tertiary/aromatic N) is 2. The highest BCUT2D eigenvalue weighted by molar-refractivity contribution is 5.97. The van der Waals surface area contributed by atoms with E-state index in [0.717, 1.165) is 42.3 Å². The average molecular weight is 441 g/mol. The summed E-state index contributed by atoms with van der Waals surface area (Å²) in [7, 11) is 1.68. The number of guanidine groups is 1. The lowest BCUT2D eigenvalue weighted by Gasteiger charge is -2.29. The number of carbonyl (C=O) groups is 1. The Labute approximate surface area is 189 Å². The summed E-state index contributed by atoms with van der Waals surface area (Å²) >= 11 is 0. The number of para-hydroxylation sites is 2. The van der Waals surface area contributed by atoms with Gasteiger partial charge in [-0.05, 0) is 37.6 Å². The summed E-state index contributed by atoms with van der Waals surface area (Å²) in [6.07, 6.45) is 1.58. The number of hydrogen-bond donors (Lipinski definition) is 2. The van der Waals surface area contributed by atoms with E-state index >= 15 is 0 Å². The van der Waals surface area contributed by atoms with Crippen LogP contribution in [-0.2, 0) is 9.53 Å². The molecule has 0 unspecified atom stereocenters. The Morgan fingerprint density at radius 2 is 2.03 bits per heavy atom. The van der Waals surface area contributed by atoms with Crippen molar-refractivity contribution in [1.29, 1.82) is 0 Å². The van der Waals surface area contributed by atoms with E-state index in [-0.39, 0.29) is 12.5 Å². The summed E-state index contributed by atoms with van der Waals surface area (Å²) in [5, 5.41) is 6.57. The number of anilines is 2. The number of carbonyl (C=O) groups excluding carboxylic acids is 1. The summed E-state index contributed by atoms with van der Waals surface area (Å²) in [4.78, 5) is 18.7. The third-order valence-electron chi connectivity index (χ3n) is 4.82. The highest BCUT2D eigenvalue weighted by Crippen LogP contribution is 2.31. The van der Waals surface area contributed by atoms with Crippen molar-refractivity contribution in [2.24, 2.45) is 4.99 Å². The van der Waals surface area contributed by atoms with Crippen LogP contribution in [0.5, 0.6) is 11.5 Å². The molecule has 0 radical (unpaired) electrons. The fourth-order valence-corrected chi connectivity index (χ4v) is 3.32. The van der Waals surface area contributed by atoms with E-state index < -0.39 is 0 Å². The number of amides is 1. The Kier molecular flexibility index (Phi) is 9.19. The Morgan fingerprint density at radius 3 is 2.88 bits per heavy atom. The van der Waals surface area contributed by atoms with Crippen molar-refractivity contribution in [3.63, 3.8) is 0 Å². The summed E-state index contributed by atoms with van der Waals surface area (Å²) in [5.74, 6) is 2.21. The fourth-order valence-electron chi connectivity index (χ4n) is 3.32. The molecular formula is C24H32N4O4. The van der Waals surface area contributed by atoms with Gasteiger partial charge in [0, 0.05) is 51.5 Å². The standard InChI is InChI=1S/C24H32N4O4/c1-3-25-24(27-19-9-6-10-20(17-19)31-16-8-15-30-2)26-13-7-14-28-21-11-4-5-12-22(21)32-18-23(28)29/h4-6,9-12,17H,3,7-8,13-16,18H2,1-2H3,(H2,25,26,27). The van der Waals surface area contributed by atoms with E-state index in [2.05, 4.69) is 15.6 Å². The molecule has 1 aliphatic rings. The lowest BCUT2D eigenvalue weighted by molar-refractivity contribution is -0.121. The molecule has 32 heavy (non-hydrogen) atoms. The second kappa shape index (κ2) is 12.6. The number of hydrogen-bond acceptors (Lipinski definition) is 5. The highest BCUT2D eigenvalue weighted by Gasteiger charge is 2.24. The molecule has 2 N–H and O–H groups in total. The van der Waals surface area contributed by atoms with E-state index in [1.807, 2.05) is 55.5 Å². The molecular weight excluding hydrogens is 408 g/mol.